The molecule has 1 saturated heterocycles. The highest BCUT2D eigenvalue weighted by molar-refractivity contribution is 5.88. The molecule has 0 spiro atoms. The Balaban J connectivity index is 1.76. The fourth-order valence-electron chi connectivity index (χ4n) is 3.25. The molecule has 0 radical (unpaired) electrons. The molecule has 2 aromatic heterocycles. The number of nitrogens with zero attached hydrogens (tertiary/aromatic N) is 10. The average Bonchev–Trinajstić information content (AvgIpc) is 2.74. The van der Waals surface area contributed by atoms with E-state index in [1.54, 1.807) is 6.92 Å². The lowest BCUT2D eigenvalue weighted by molar-refractivity contribution is 0.0525. The van der Waals surface area contributed by atoms with E-state index in [1.165, 1.54) is 24.8 Å². The fraction of sp³-hybridized carbons (Fsp3) is 0.500. The van der Waals surface area contributed by atoms with E-state index in [2.05, 4.69) is 44.7 Å². The van der Waals surface area contributed by atoms with Gasteiger partial charge in [-0.3, -0.25) is 0 Å². The van der Waals surface area contributed by atoms with Crippen LogP contribution in [0.4, 0.5) is 17.6 Å². The highest BCUT2D eigenvalue weighted by atomic mass is 16.5. The Morgan fingerprint density at radius 3 is 2.47 bits per heavy atom. The highest BCUT2D eigenvalue weighted by Gasteiger charge is 2.30. The molecule has 1 fully saturated rings. The zero-order chi connectivity index (χ0) is 21.5. The molecule has 0 N–H and O–H groups in total. The van der Waals surface area contributed by atoms with Gasteiger partial charge in [0.2, 0.25) is 11.9 Å². The Hall–Kier alpha value is -3.50. The summed E-state index contributed by atoms with van der Waals surface area (Å²) in [4.78, 5) is 38.3. The molecular formula is C18H24N10O2. The van der Waals surface area contributed by atoms with Gasteiger partial charge in [-0.15, -0.1) is 0 Å². The van der Waals surface area contributed by atoms with Gasteiger partial charge in [0.05, 0.1) is 23.9 Å². The van der Waals surface area contributed by atoms with E-state index in [0.29, 0.717) is 49.4 Å². The minimum atomic E-state index is -0.431. The molecule has 3 rings (SSSR count). The largest absolute Gasteiger partial charge is 0.462 e. The number of likely N-dealkylation sites (N-methyl/N-ethyl adjacent to an activating group) is 1. The van der Waals surface area contributed by atoms with E-state index in [0.717, 1.165) is 6.54 Å². The number of esters is 1. The van der Waals surface area contributed by atoms with Gasteiger partial charge in [0.15, 0.2) is 0 Å². The Labute approximate surface area is 174 Å². The summed E-state index contributed by atoms with van der Waals surface area (Å²) < 4.78 is 4.99. The predicted molar refractivity (Wildman–Crippen MR) is 111 cm³/mol. The lowest BCUT2D eigenvalue weighted by atomic mass is 10.1. The Bertz CT molecular complexity index is 896. The lowest BCUT2D eigenvalue weighted by Crippen LogP contribution is -2.57. The molecule has 2 aromatic rings. The molecule has 0 amide bonds. The summed E-state index contributed by atoms with van der Waals surface area (Å²) in [7, 11) is 4.01. The molecule has 30 heavy (non-hydrogen) atoms. The van der Waals surface area contributed by atoms with Crippen LogP contribution in [0.15, 0.2) is 29.9 Å². The van der Waals surface area contributed by atoms with Gasteiger partial charge >= 0.3 is 5.97 Å². The van der Waals surface area contributed by atoms with Crippen LogP contribution in [0, 0.1) is 0 Å². The molecule has 158 valence electrons. The van der Waals surface area contributed by atoms with E-state index in [4.69, 9.17) is 10.3 Å². The highest BCUT2D eigenvalue weighted by Crippen LogP contribution is 2.21. The molecule has 0 unspecified atom stereocenters. The molecular weight excluding hydrogens is 388 g/mol. The van der Waals surface area contributed by atoms with Crippen LogP contribution in [0.5, 0.6) is 0 Å². The first-order chi connectivity index (χ1) is 14.5. The Kier molecular flexibility index (Phi) is 6.94. The van der Waals surface area contributed by atoms with Gasteiger partial charge in [-0.25, -0.2) is 24.7 Å². The first kappa shape index (κ1) is 21.2. The number of hydrogen-bond acceptors (Lipinski definition) is 10. The molecule has 12 nitrogen and oxygen atoms in total. The topological polar surface area (TPSA) is 136 Å². The maximum atomic E-state index is 11.8. The van der Waals surface area contributed by atoms with Gasteiger partial charge in [-0.2, -0.15) is 0 Å². The van der Waals surface area contributed by atoms with E-state index < -0.39 is 5.97 Å². The van der Waals surface area contributed by atoms with Crippen molar-refractivity contribution in [3.05, 3.63) is 40.8 Å². The van der Waals surface area contributed by atoms with Crippen LogP contribution in [0.1, 0.15) is 17.3 Å². The molecule has 1 atom stereocenters. The minimum Gasteiger partial charge on any atom is -0.462 e. The van der Waals surface area contributed by atoms with Gasteiger partial charge in [-0.1, -0.05) is 5.11 Å². The van der Waals surface area contributed by atoms with Crippen molar-refractivity contribution in [3.8, 4) is 0 Å². The summed E-state index contributed by atoms with van der Waals surface area (Å²) in [6, 6.07) is 0.0857. The standard InChI is InChI=1S/C18H24N10O2/c1-4-30-16(29)13-7-20-18(21-8-13)28-6-5-27(12-15(28)11-26(2)3)17-22-9-14(10-23-17)24-25-19/h7-10,15H,4-6,11-12H2,1-3H3/t15-/m0/s1. The normalized spacial score (nSPS) is 16.3. The molecule has 12 heteroatoms. The molecule has 3 heterocycles. The van der Waals surface area contributed by atoms with Crippen molar-refractivity contribution in [1.29, 1.82) is 0 Å². The van der Waals surface area contributed by atoms with Crippen LogP contribution >= 0.6 is 0 Å². The van der Waals surface area contributed by atoms with Crippen LogP contribution in [0.3, 0.4) is 0 Å². The van der Waals surface area contributed by atoms with Crippen LogP contribution in [-0.2, 0) is 4.74 Å². The van der Waals surface area contributed by atoms with Gasteiger partial charge in [0.25, 0.3) is 0 Å². The number of piperazine rings is 1. The van der Waals surface area contributed by atoms with Crippen molar-refractivity contribution in [2.24, 2.45) is 5.11 Å². The number of carbonyl (C=O) groups excluding carboxylic acids is 1. The number of azide groups is 1. The van der Waals surface area contributed by atoms with Gasteiger partial charge in [-0.05, 0) is 26.6 Å². The van der Waals surface area contributed by atoms with Gasteiger partial charge in [0, 0.05) is 55.9 Å². The van der Waals surface area contributed by atoms with Crippen molar-refractivity contribution in [3.63, 3.8) is 0 Å². The fourth-order valence-corrected chi connectivity index (χ4v) is 3.25. The zero-order valence-electron chi connectivity index (χ0n) is 17.2. The maximum Gasteiger partial charge on any atom is 0.341 e. The van der Waals surface area contributed by atoms with Crippen LogP contribution in [0.25, 0.3) is 10.4 Å². The Morgan fingerprint density at radius 2 is 1.87 bits per heavy atom. The van der Waals surface area contributed by atoms with Crippen molar-refractivity contribution >= 4 is 23.6 Å². The first-order valence-corrected chi connectivity index (χ1v) is 9.54. The van der Waals surface area contributed by atoms with Crippen molar-refractivity contribution in [2.45, 2.75) is 13.0 Å². The third kappa shape index (κ3) is 5.10. The first-order valence-electron chi connectivity index (χ1n) is 9.54. The summed E-state index contributed by atoms with van der Waals surface area (Å²) in [6.07, 6.45) is 6.01. The SMILES string of the molecule is CCOC(=O)c1cnc(N2CCN(c3ncc(N=[N+]=[N-])cn3)C[C@@H]2CN(C)C)nc1. The monoisotopic (exact) mass is 412 g/mol. The zero-order valence-corrected chi connectivity index (χ0v) is 17.2. The molecule has 0 saturated carbocycles. The summed E-state index contributed by atoms with van der Waals surface area (Å²) in [5.41, 5.74) is 9.22. The summed E-state index contributed by atoms with van der Waals surface area (Å²) in [6.45, 7) is 4.84. The van der Waals surface area contributed by atoms with Crippen LogP contribution in [0.2, 0.25) is 0 Å². The smallest absolute Gasteiger partial charge is 0.341 e. The molecule has 0 bridgehead atoms. The summed E-state index contributed by atoms with van der Waals surface area (Å²) in [5, 5.41) is 3.50. The second-order valence-electron chi connectivity index (χ2n) is 6.98. The summed E-state index contributed by atoms with van der Waals surface area (Å²) >= 11 is 0. The molecule has 1 aliphatic rings. The summed E-state index contributed by atoms with van der Waals surface area (Å²) in [5.74, 6) is 0.711. The number of ether oxygens (including phenoxy) is 1. The number of aromatic nitrogens is 4. The molecule has 0 aromatic carbocycles. The number of anilines is 2. The Morgan fingerprint density at radius 1 is 1.20 bits per heavy atom. The average molecular weight is 412 g/mol. The number of carbonyl (C=O) groups is 1. The van der Waals surface area contributed by atoms with Crippen molar-refractivity contribution in [2.75, 3.05) is 56.7 Å². The third-order valence-electron chi connectivity index (χ3n) is 4.53. The van der Waals surface area contributed by atoms with Crippen LogP contribution < -0.4 is 9.80 Å². The molecule has 1 aliphatic heterocycles. The lowest BCUT2D eigenvalue weighted by Gasteiger charge is -2.42. The van der Waals surface area contributed by atoms with Crippen LogP contribution in [-0.4, -0.2) is 83.7 Å². The van der Waals surface area contributed by atoms with E-state index in [1.807, 2.05) is 14.1 Å². The predicted octanol–water partition coefficient (Wildman–Crippen LogP) is 1.64. The second kappa shape index (κ2) is 9.81. The van der Waals surface area contributed by atoms with Gasteiger partial charge in [0.1, 0.15) is 0 Å². The van der Waals surface area contributed by atoms with Gasteiger partial charge < -0.3 is 19.4 Å². The van der Waals surface area contributed by atoms with E-state index in [-0.39, 0.29) is 6.04 Å². The van der Waals surface area contributed by atoms with Crippen molar-refractivity contribution in [1.82, 2.24) is 24.8 Å². The van der Waals surface area contributed by atoms with Crippen molar-refractivity contribution < 1.29 is 9.53 Å². The maximum absolute atomic E-state index is 11.8. The number of hydrogen-bond donors (Lipinski definition) is 0. The van der Waals surface area contributed by atoms with E-state index in [9.17, 15) is 4.79 Å². The quantitative estimate of drug-likeness (QED) is 0.287. The second-order valence-corrected chi connectivity index (χ2v) is 6.98. The number of rotatable bonds is 7. The van der Waals surface area contributed by atoms with E-state index >= 15 is 0 Å². The molecule has 0 aliphatic carbocycles. The minimum absolute atomic E-state index is 0.0857. The third-order valence-corrected chi connectivity index (χ3v) is 4.53.